The van der Waals surface area contributed by atoms with Gasteiger partial charge < -0.3 is 4.52 Å². The van der Waals surface area contributed by atoms with Gasteiger partial charge in [-0.15, -0.1) is 0 Å². The molecule has 2 fully saturated rings. The lowest BCUT2D eigenvalue weighted by Gasteiger charge is -2.33. The molecule has 0 unspecified atom stereocenters. The molecule has 6 rings (SSSR count). The molecular formula is C24H22F4N4O3S. The van der Waals surface area contributed by atoms with Crippen LogP contribution in [0.2, 0.25) is 0 Å². The lowest BCUT2D eigenvalue weighted by molar-refractivity contribution is -0.136. The number of rotatable bonds is 3. The average Bonchev–Trinajstić information content (AvgIpc) is 3.43. The van der Waals surface area contributed by atoms with E-state index < -0.39 is 28.5 Å². The molecule has 3 aliphatic rings. The molecule has 3 aromatic rings. The third-order valence-corrected chi connectivity index (χ3v) is 9.26. The molecule has 2 heterocycles. The predicted octanol–water partition coefficient (Wildman–Crippen LogP) is 4.12. The molecule has 36 heavy (non-hydrogen) atoms. The first-order valence-corrected chi connectivity index (χ1v) is 13.0. The Morgan fingerprint density at radius 2 is 1.69 bits per heavy atom. The minimum absolute atomic E-state index is 0.101. The van der Waals surface area contributed by atoms with E-state index >= 15 is 0 Å². The molecule has 2 aliphatic carbocycles. The summed E-state index contributed by atoms with van der Waals surface area (Å²) >= 11 is 0. The summed E-state index contributed by atoms with van der Waals surface area (Å²) in [5.74, 6) is 0.00849. The summed E-state index contributed by atoms with van der Waals surface area (Å²) < 4.78 is 86.4. The molecule has 2 bridgehead atoms. The second-order valence-corrected chi connectivity index (χ2v) is 11.5. The van der Waals surface area contributed by atoms with Crippen molar-refractivity contribution in [3.63, 3.8) is 0 Å². The topological polar surface area (TPSA) is 88.3 Å². The number of benzene rings is 2. The standard InChI is InChI=1S/C24H22F4N4O3S/c25-20-7-3-14(4-8-20)21-29-22(35-30-21)16-2-1-15-10-18-5-6-19(11-17(15)9-16)23(18)12-32(13-24(26,27)28)36(33,34)31-23/h1-4,7-9,18-19,31H,5-6,10-13H2/t18-,19+,23+/m0/s1. The molecule has 0 amide bonds. The summed E-state index contributed by atoms with van der Waals surface area (Å²) in [7, 11) is -4.23. The van der Waals surface area contributed by atoms with Crippen LogP contribution in [0.15, 0.2) is 47.0 Å². The van der Waals surface area contributed by atoms with Crippen molar-refractivity contribution >= 4 is 10.2 Å². The third-order valence-electron chi connectivity index (χ3n) is 7.69. The zero-order chi connectivity index (χ0) is 25.3. The summed E-state index contributed by atoms with van der Waals surface area (Å²) in [6.45, 7) is -1.68. The maximum absolute atomic E-state index is 13.2. The summed E-state index contributed by atoms with van der Waals surface area (Å²) in [6, 6.07) is 11.5. The molecule has 1 saturated carbocycles. The molecule has 3 atom stereocenters. The average molecular weight is 523 g/mol. The molecule has 0 radical (unpaired) electrons. The number of fused-ring (bicyclic) bond motifs is 1. The third kappa shape index (κ3) is 4.00. The molecule has 190 valence electrons. The van der Waals surface area contributed by atoms with Crippen LogP contribution >= 0.6 is 0 Å². The van der Waals surface area contributed by atoms with Gasteiger partial charge in [0.25, 0.3) is 16.1 Å². The number of nitrogens with zero attached hydrogens (tertiary/aromatic N) is 3. The van der Waals surface area contributed by atoms with Crippen LogP contribution in [0.3, 0.4) is 0 Å². The van der Waals surface area contributed by atoms with Crippen molar-refractivity contribution in [1.82, 2.24) is 19.2 Å². The van der Waals surface area contributed by atoms with E-state index in [4.69, 9.17) is 4.52 Å². The summed E-state index contributed by atoms with van der Waals surface area (Å²) in [4.78, 5) is 4.43. The maximum atomic E-state index is 13.2. The van der Waals surface area contributed by atoms with Crippen LogP contribution < -0.4 is 4.72 Å². The maximum Gasteiger partial charge on any atom is 0.402 e. The molecular weight excluding hydrogens is 500 g/mol. The van der Waals surface area contributed by atoms with E-state index in [1.165, 1.54) is 12.1 Å². The molecule has 1 spiro atoms. The van der Waals surface area contributed by atoms with Gasteiger partial charge in [-0.1, -0.05) is 11.2 Å². The Balaban J connectivity index is 1.29. The fraction of sp³-hybridized carbons (Fsp3) is 0.417. The Hall–Kier alpha value is -2.83. The normalized spacial score (nSPS) is 27.3. The molecule has 1 aliphatic heterocycles. The van der Waals surface area contributed by atoms with E-state index in [1.807, 2.05) is 18.2 Å². The first-order chi connectivity index (χ1) is 17.0. The molecule has 12 heteroatoms. The van der Waals surface area contributed by atoms with Crippen molar-refractivity contribution in [2.45, 2.75) is 37.4 Å². The highest BCUT2D eigenvalue weighted by atomic mass is 32.2. The molecule has 1 aromatic heterocycles. The summed E-state index contributed by atoms with van der Waals surface area (Å²) in [6.07, 6.45) is -2.04. The molecule has 1 saturated heterocycles. The monoisotopic (exact) mass is 522 g/mol. The number of aromatic nitrogens is 2. The zero-order valence-electron chi connectivity index (χ0n) is 18.9. The van der Waals surface area contributed by atoms with Crippen LogP contribution in [0.1, 0.15) is 24.0 Å². The number of alkyl halides is 3. The van der Waals surface area contributed by atoms with Crippen molar-refractivity contribution in [2.24, 2.45) is 11.8 Å². The second kappa shape index (κ2) is 8.09. The van der Waals surface area contributed by atoms with E-state index in [-0.39, 0.29) is 24.2 Å². The Labute approximate surface area is 204 Å². The van der Waals surface area contributed by atoms with Crippen LogP contribution in [-0.4, -0.2) is 47.7 Å². The summed E-state index contributed by atoms with van der Waals surface area (Å²) in [5, 5.41) is 3.99. The van der Waals surface area contributed by atoms with Gasteiger partial charge in [-0.05, 0) is 85.0 Å². The van der Waals surface area contributed by atoms with Gasteiger partial charge in [0.15, 0.2) is 0 Å². The van der Waals surface area contributed by atoms with Crippen molar-refractivity contribution in [2.75, 3.05) is 13.1 Å². The van der Waals surface area contributed by atoms with Crippen molar-refractivity contribution in [3.05, 3.63) is 59.4 Å². The van der Waals surface area contributed by atoms with Gasteiger partial charge in [0.05, 0.1) is 5.54 Å². The van der Waals surface area contributed by atoms with Gasteiger partial charge in [0, 0.05) is 17.7 Å². The van der Waals surface area contributed by atoms with Crippen LogP contribution in [0.4, 0.5) is 17.6 Å². The molecule has 1 N–H and O–H groups in total. The highest BCUT2D eigenvalue weighted by Crippen LogP contribution is 2.50. The van der Waals surface area contributed by atoms with Crippen LogP contribution in [0.25, 0.3) is 22.8 Å². The summed E-state index contributed by atoms with van der Waals surface area (Å²) in [5.41, 5.74) is 2.40. The van der Waals surface area contributed by atoms with Gasteiger partial charge in [0.2, 0.25) is 5.82 Å². The van der Waals surface area contributed by atoms with Crippen LogP contribution in [0.5, 0.6) is 0 Å². The van der Waals surface area contributed by atoms with E-state index in [0.717, 1.165) is 24.0 Å². The Morgan fingerprint density at radius 1 is 1.03 bits per heavy atom. The minimum atomic E-state index is -4.61. The Kier molecular flexibility index (Phi) is 5.29. The SMILES string of the molecule is O=S1(=O)N[C@@]2(CN1CC(F)(F)F)[C@@H]1CC[C@H]2Cc2ccc(-c3nc(-c4ccc(F)cc4)no3)cc2C1. The quantitative estimate of drug-likeness (QED) is 0.523. The van der Waals surface area contributed by atoms with Crippen LogP contribution in [0, 0.1) is 17.7 Å². The van der Waals surface area contributed by atoms with Gasteiger partial charge in [0.1, 0.15) is 12.4 Å². The number of halogens is 4. The molecule has 2 aromatic carbocycles. The fourth-order valence-corrected chi connectivity index (χ4v) is 7.74. The highest BCUT2D eigenvalue weighted by molar-refractivity contribution is 7.87. The van der Waals surface area contributed by atoms with Crippen molar-refractivity contribution in [3.8, 4) is 22.8 Å². The largest absolute Gasteiger partial charge is 0.402 e. The smallest absolute Gasteiger partial charge is 0.334 e. The van der Waals surface area contributed by atoms with E-state index in [1.54, 1.807) is 12.1 Å². The first-order valence-electron chi connectivity index (χ1n) is 11.6. The lowest BCUT2D eigenvalue weighted by Crippen LogP contribution is -2.52. The highest BCUT2D eigenvalue weighted by Gasteiger charge is 2.60. The zero-order valence-corrected chi connectivity index (χ0v) is 19.7. The number of hydrogen-bond donors (Lipinski definition) is 1. The predicted molar refractivity (Wildman–Crippen MR) is 121 cm³/mol. The van der Waals surface area contributed by atoms with Crippen molar-refractivity contribution in [1.29, 1.82) is 0 Å². The number of nitrogens with one attached hydrogen (secondary N) is 1. The van der Waals surface area contributed by atoms with Crippen LogP contribution in [-0.2, 0) is 23.1 Å². The molecule has 7 nitrogen and oxygen atoms in total. The van der Waals surface area contributed by atoms with Gasteiger partial charge >= 0.3 is 6.18 Å². The fourth-order valence-electron chi connectivity index (χ4n) is 6.03. The Morgan fingerprint density at radius 3 is 2.39 bits per heavy atom. The van der Waals surface area contributed by atoms with E-state index in [0.29, 0.717) is 40.0 Å². The lowest BCUT2D eigenvalue weighted by atomic mass is 9.79. The second-order valence-electron chi connectivity index (χ2n) is 9.82. The number of hydrogen-bond acceptors (Lipinski definition) is 5. The van der Waals surface area contributed by atoms with Gasteiger partial charge in [-0.2, -0.15) is 35.6 Å². The van der Waals surface area contributed by atoms with Gasteiger partial charge in [-0.25, -0.2) is 4.39 Å². The van der Waals surface area contributed by atoms with Crippen molar-refractivity contribution < 1.29 is 30.5 Å². The van der Waals surface area contributed by atoms with E-state index in [9.17, 15) is 26.0 Å². The van der Waals surface area contributed by atoms with E-state index in [2.05, 4.69) is 14.9 Å². The Bertz CT molecular complexity index is 1420. The van der Waals surface area contributed by atoms with Gasteiger partial charge in [-0.3, -0.25) is 0 Å². The minimum Gasteiger partial charge on any atom is -0.334 e. The first kappa shape index (κ1) is 23.6.